The molecule has 2 rings (SSSR count). The first-order chi connectivity index (χ1) is 9.40. The zero-order valence-corrected chi connectivity index (χ0v) is 13.5. The van der Waals surface area contributed by atoms with Gasteiger partial charge in [0.2, 0.25) is 0 Å². The first-order valence-electron chi connectivity index (χ1n) is 7.93. The second-order valence-corrected chi connectivity index (χ2v) is 7.39. The molecule has 2 nitrogen and oxygen atoms in total. The van der Waals surface area contributed by atoms with E-state index in [1.54, 1.807) is 0 Å². The van der Waals surface area contributed by atoms with Gasteiger partial charge in [-0.25, -0.2) is 0 Å². The van der Waals surface area contributed by atoms with Crippen LogP contribution in [0.3, 0.4) is 0 Å². The molecule has 2 atom stereocenters. The summed E-state index contributed by atoms with van der Waals surface area (Å²) in [6.45, 7) is 12.4. The van der Waals surface area contributed by atoms with E-state index in [0.29, 0.717) is 12.0 Å². The van der Waals surface area contributed by atoms with Crippen LogP contribution in [-0.2, 0) is 11.8 Å². The van der Waals surface area contributed by atoms with Crippen LogP contribution in [0.2, 0.25) is 0 Å². The zero-order chi connectivity index (χ0) is 14.8. The largest absolute Gasteiger partial charge is 0.330 e. The lowest BCUT2D eigenvalue weighted by molar-refractivity contribution is 0.248. The van der Waals surface area contributed by atoms with Crippen LogP contribution in [0.5, 0.6) is 0 Å². The van der Waals surface area contributed by atoms with Gasteiger partial charge in [0.05, 0.1) is 0 Å². The first kappa shape index (κ1) is 15.5. The van der Waals surface area contributed by atoms with Crippen molar-refractivity contribution in [2.24, 2.45) is 11.7 Å². The zero-order valence-electron chi connectivity index (χ0n) is 13.5. The lowest BCUT2D eigenvalue weighted by Gasteiger charge is -2.25. The van der Waals surface area contributed by atoms with Gasteiger partial charge in [0, 0.05) is 12.6 Å². The standard InChI is InChI=1S/C18H30N2/c1-14(20-10-9-16(12-19)13-20)11-15-5-7-17(8-6-15)18(2,3)4/h5-8,14,16H,9-13,19H2,1-4H3/t14?,16-/m1/s1. The molecule has 1 unspecified atom stereocenters. The Bertz CT molecular complexity index is 416. The minimum Gasteiger partial charge on any atom is -0.330 e. The Balaban J connectivity index is 1.93. The number of nitrogens with two attached hydrogens (primary N) is 1. The van der Waals surface area contributed by atoms with Gasteiger partial charge in [0.25, 0.3) is 0 Å². The molecule has 1 aliphatic rings. The van der Waals surface area contributed by atoms with Crippen molar-refractivity contribution in [2.75, 3.05) is 19.6 Å². The van der Waals surface area contributed by atoms with Gasteiger partial charge in [-0.3, -0.25) is 4.90 Å². The summed E-state index contributed by atoms with van der Waals surface area (Å²) >= 11 is 0. The molecule has 1 saturated heterocycles. The molecule has 0 amide bonds. The van der Waals surface area contributed by atoms with E-state index in [-0.39, 0.29) is 5.41 Å². The summed E-state index contributed by atoms with van der Waals surface area (Å²) in [5.74, 6) is 0.709. The lowest BCUT2D eigenvalue weighted by atomic mass is 9.86. The topological polar surface area (TPSA) is 29.3 Å². The van der Waals surface area contributed by atoms with Gasteiger partial charge in [-0.1, -0.05) is 45.0 Å². The fourth-order valence-electron chi connectivity index (χ4n) is 3.07. The minimum absolute atomic E-state index is 0.243. The molecule has 0 radical (unpaired) electrons. The molecule has 0 aliphatic carbocycles. The van der Waals surface area contributed by atoms with Crippen molar-refractivity contribution in [3.8, 4) is 0 Å². The van der Waals surface area contributed by atoms with Crippen molar-refractivity contribution in [1.82, 2.24) is 4.90 Å². The molecule has 0 spiro atoms. The maximum absolute atomic E-state index is 5.78. The van der Waals surface area contributed by atoms with Gasteiger partial charge in [-0.15, -0.1) is 0 Å². The Morgan fingerprint density at radius 3 is 2.40 bits per heavy atom. The van der Waals surface area contributed by atoms with E-state index in [9.17, 15) is 0 Å². The summed E-state index contributed by atoms with van der Waals surface area (Å²) in [6, 6.07) is 9.79. The van der Waals surface area contributed by atoms with Crippen LogP contribution in [-0.4, -0.2) is 30.6 Å². The van der Waals surface area contributed by atoms with E-state index in [0.717, 1.165) is 13.0 Å². The predicted molar refractivity (Wildman–Crippen MR) is 87.0 cm³/mol. The van der Waals surface area contributed by atoms with E-state index in [1.165, 1.54) is 30.6 Å². The normalized spacial score (nSPS) is 22.1. The van der Waals surface area contributed by atoms with Crippen LogP contribution in [0.4, 0.5) is 0 Å². The molecule has 112 valence electrons. The number of hydrogen-bond acceptors (Lipinski definition) is 2. The van der Waals surface area contributed by atoms with Gasteiger partial charge in [-0.2, -0.15) is 0 Å². The van der Waals surface area contributed by atoms with Crippen LogP contribution >= 0.6 is 0 Å². The van der Waals surface area contributed by atoms with Crippen LogP contribution in [0.25, 0.3) is 0 Å². The summed E-state index contributed by atoms with van der Waals surface area (Å²) in [4.78, 5) is 2.59. The third kappa shape index (κ3) is 3.83. The van der Waals surface area contributed by atoms with Gasteiger partial charge in [0.1, 0.15) is 0 Å². The molecular formula is C18H30N2. The van der Waals surface area contributed by atoms with Gasteiger partial charge in [0.15, 0.2) is 0 Å². The Morgan fingerprint density at radius 2 is 1.90 bits per heavy atom. The highest BCUT2D eigenvalue weighted by molar-refractivity contribution is 5.28. The second kappa shape index (κ2) is 6.28. The average molecular weight is 274 g/mol. The maximum Gasteiger partial charge on any atom is 0.0107 e. The minimum atomic E-state index is 0.243. The molecule has 2 heteroatoms. The third-order valence-electron chi connectivity index (χ3n) is 4.63. The summed E-state index contributed by atoms with van der Waals surface area (Å²) in [6.07, 6.45) is 2.41. The number of likely N-dealkylation sites (tertiary alicyclic amines) is 1. The molecule has 0 aromatic heterocycles. The quantitative estimate of drug-likeness (QED) is 0.913. The van der Waals surface area contributed by atoms with E-state index < -0.39 is 0 Å². The smallest absolute Gasteiger partial charge is 0.0107 e. The van der Waals surface area contributed by atoms with Crippen molar-refractivity contribution in [3.63, 3.8) is 0 Å². The van der Waals surface area contributed by atoms with Crippen LogP contribution in [0.1, 0.15) is 45.2 Å². The van der Waals surface area contributed by atoms with Crippen molar-refractivity contribution in [1.29, 1.82) is 0 Å². The Kier molecular flexibility index (Phi) is 4.87. The highest BCUT2D eigenvalue weighted by atomic mass is 15.2. The number of rotatable bonds is 4. The summed E-state index contributed by atoms with van der Waals surface area (Å²) in [7, 11) is 0. The van der Waals surface area contributed by atoms with Gasteiger partial charge in [-0.05, 0) is 55.3 Å². The fraction of sp³-hybridized carbons (Fsp3) is 0.667. The molecule has 1 heterocycles. The molecule has 1 fully saturated rings. The molecule has 0 saturated carbocycles. The van der Waals surface area contributed by atoms with Crippen molar-refractivity contribution in [2.45, 2.75) is 52.0 Å². The molecule has 20 heavy (non-hydrogen) atoms. The van der Waals surface area contributed by atoms with Crippen LogP contribution in [0, 0.1) is 5.92 Å². The van der Waals surface area contributed by atoms with E-state index >= 15 is 0 Å². The molecule has 1 aromatic rings. The second-order valence-electron chi connectivity index (χ2n) is 7.39. The average Bonchev–Trinajstić information content (AvgIpc) is 2.87. The third-order valence-corrected chi connectivity index (χ3v) is 4.63. The van der Waals surface area contributed by atoms with Crippen molar-refractivity contribution < 1.29 is 0 Å². The number of hydrogen-bond donors (Lipinski definition) is 1. The van der Waals surface area contributed by atoms with Gasteiger partial charge >= 0.3 is 0 Å². The SMILES string of the molecule is CC(Cc1ccc(C(C)(C)C)cc1)N1CC[C@H](CN)C1. The monoisotopic (exact) mass is 274 g/mol. The number of nitrogens with zero attached hydrogens (tertiary/aromatic N) is 1. The highest BCUT2D eigenvalue weighted by Gasteiger charge is 2.25. The molecule has 2 N–H and O–H groups in total. The van der Waals surface area contributed by atoms with E-state index in [1.807, 2.05) is 0 Å². The van der Waals surface area contributed by atoms with Crippen molar-refractivity contribution >= 4 is 0 Å². The molecule has 0 bridgehead atoms. The van der Waals surface area contributed by atoms with Crippen LogP contribution < -0.4 is 5.73 Å². The van der Waals surface area contributed by atoms with Crippen molar-refractivity contribution in [3.05, 3.63) is 35.4 Å². The lowest BCUT2D eigenvalue weighted by Crippen LogP contribution is -2.33. The number of benzene rings is 1. The predicted octanol–water partition coefficient (Wildman–Crippen LogP) is 3.20. The summed E-state index contributed by atoms with van der Waals surface area (Å²) in [5, 5.41) is 0. The molecule has 1 aromatic carbocycles. The Hall–Kier alpha value is -0.860. The Labute approximate surface area is 124 Å². The maximum atomic E-state index is 5.78. The van der Waals surface area contributed by atoms with E-state index in [2.05, 4.69) is 56.9 Å². The van der Waals surface area contributed by atoms with Gasteiger partial charge < -0.3 is 5.73 Å². The van der Waals surface area contributed by atoms with Crippen LogP contribution in [0.15, 0.2) is 24.3 Å². The Morgan fingerprint density at radius 1 is 1.25 bits per heavy atom. The summed E-state index contributed by atoms with van der Waals surface area (Å²) < 4.78 is 0. The highest BCUT2D eigenvalue weighted by Crippen LogP contribution is 2.24. The molecular weight excluding hydrogens is 244 g/mol. The van der Waals surface area contributed by atoms with E-state index in [4.69, 9.17) is 5.73 Å². The summed E-state index contributed by atoms with van der Waals surface area (Å²) in [5.41, 5.74) is 8.88. The molecule has 1 aliphatic heterocycles. The first-order valence-corrected chi connectivity index (χ1v) is 7.93. The fourth-order valence-corrected chi connectivity index (χ4v) is 3.07.